The van der Waals surface area contributed by atoms with Gasteiger partial charge in [0.25, 0.3) is 0 Å². The maximum absolute atomic E-state index is 9.02. The summed E-state index contributed by atoms with van der Waals surface area (Å²) in [6, 6.07) is 3.79. The Labute approximate surface area is 113 Å². The molecule has 1 heterocycles. The number of methoxy groups -OCH3 is 1. The van der Waals surface area contributed by atoms with Crippen molar-refractivity contribution in [2.45, 2.75) is 6.54 Å². The molecule has 0 bridgehead atoms. The molecule has 0 atom stereocenters. The molecule has 6 heteroatoms. The van der Waals surface area contributed by atoms with Crippen LogP contribution in [0, 0.1) is 0 Å². The van der Waals surface area contributed by atoms with Gasteiger partial charge in [0, 0.05) is 32.9 Å². The zero-order chi connectivity index (χ0) is 13.4. The Hall–Kier alpha value is -1.08. The summed E-state index contributed by atoms with van der Waals surface area (Å²) < 4.78 is 5.04. The summed E-state index contributed by atoms with van der Waals surface area (Å²) in [5.74, 6) is 0. The molecule has 0 unspecified atom stereocenters. The molecule has 100 valence electrons. The predicted octanol–water partition coefficient (Wildman–Crippen LogP) is 0.157. The zero-order valence-corrected chi connectivity index (χ0v) is 11.3. The molecule has 1 rings (SSSR count). The van der Waals surface area contributed by atoms with E-state index in [9.17, 15) is 0 Å². The smallest absolute Gasteiger partial charge is 0.122 e. The van der Waals surface area contributed by atoms with Gasteiger partial charge >= 0.3 is 0 Å². The molecule has 18 heavy (non-hydrogen) atoms. The minimum Gasteiger partial charge on any atom is -0.395 e. The maximum Gasteiger partial charge on any atom is 0.122 e. The van der Waals surface area contributed by atoms with E-state index in [1.807, 2.05) is 12.1 Å². The van der Waals surface area contributed by atoms with Gasteiger partial charge in [-0.3, -0.25) is 9.88 Å². The Balaban J connectivity index is 2.67. The largest absolute Gasteiger partial charge is 0.395 e. The molecule has 0 fully saturated rings. The summed E-state index contributed by atoms with van der Waals surface area (Å²) >= 11 is 4.90. The van der Waals surface area contributed by atoms with E-state index in [4.69, 9.17) is 27.8 Å². The number of pyridine rings is 1. The third-order valence-electron chi connectivity index (χ3n) is 2.51. The number of hydrogen-bond acceptors (Lipinski definition) is 5. The number of nitrogens with zero attached hydrogens (tertiary/aromatic N) is 2. The molecule has 0 radical (unpaired) electrons. The molecule has 0 aliphatic carbocycles. The fourth-order valence-corrected chi connectivity index (χ4v) is 1.71. The fourth-order valence-electron chi connectivity index (χ4n) is 1.60. The van der Waals surface area contributed by atoms with Crippen LogP contribution in [0.25, 0.3) is 0 Å². The van der Waals surface area contributed by atoms with Gasteiger partial charge in [-0.2, -0.15) is 0 Å². The second-order valence-corrected chi connectivity index (χ2v) is 4.35. The van der Waals surface area contributed by atoms with Crippen LogP contribution >= 0.6 is 12.2 Å². The number of aromatic nitrogens is 1. The van der Waals surface area contributed by atoms with E-state index in [-0.39, 0.29) is 6.61 Å². The standard InChI is InChI=1S/C12H19N3O2S/c1-17-7-5-15(4-6-16)9-10-2-3-14-11(8-10)12(13)18/h2-3,8,16H,4-7,9H2,1H3,(H2,13,18). The molecule has 1 aromatic heterocycles. The van der Waals surface area contributed by atoms with Crippen molar-refractivity contribution in [1.29, 1.82) is 0 Å². The molecule has 0 saturated heterocycles. The quantitative estimate of drug-likeness (QED) is 0.655. The molecule has 3 N–H and O–H groups in total. The lowest BCUT2D eigenvalue weighted by Crippen LogP contribution is -2.30. The van der Waals surface area contributed by atoms with E-state index in [0.717, 1.165) is 12.1 Å². The number of nitrogens with two attached hydrogens (primary N) is 1. The number of hydrogen-bond donors (Lipinski definition) is 2. The first kappa shape index (κ1) is 15.0. The molecule has 1 aromatic rings. The average Bonchev–Trinajstić information content (AvgIpc) is 2.36. The lowest BCUT2D eigenvalue weighted by atomic mass is 10.2. The third-order valence-corrected chi connectivity index (χ3v) is 2.72. The van der Waals surface area contributed by atoms with E-state index in [2.05, 4.69) is 9.88 Å². The van der Waals surface area contributed by atoms with Crippen molar-refractivity contribution in [1.82, 2.24) is 9.88 Å². The Bertz CT molecular complexity index is 387. The van der Waals surface area contributed by atoms with Crippen LogP contribution < -0.4 is 5.73 Å². The average molecular weight is 269 g/mol. The van der Waals surface area contributed by atoms with Crippen molar-refractivity contribution in [3.8, 4) is 0 Å². The van der Waals surface area contributed by atoms with E-state index in [0.29, 0.717) is 30.4 Å². The second-order valence-electron chi connectivity index (χ2n) is 3.91. The van der Waals surface area contributed by atoms with Crippen LogP contribution in [0.2, 0.25) is 0 Å². The molecule has 0 aliphatic rings. The molecule has 0 aromatic carbocycles. The van der Waals surface area contributed by atoms with Crippen molar-refractivity contribution in [2.24, 2.45) is 5.73 Å². The highest BCUT2D eigenvalue weighted by atomic mass is 32.1. The normalized spacial score (nSPS) is 10.8. The number of aliphatic hydroxyl groups is 1. The van der Waals surface area contributed by atoms with Gasteiger partial charge in [0.15, 0.2) is 0 Å². The van der Waals surface area contributed by atoms with Crippen molar-refractivity contribution in [2.75, 3.05) is 33.4 Å². The molecule has 0 spiro atoms. The first-order chi connectivity index (χ1) is 8.67. The van der Waals surface area contributed by atoms with Crippen molar-refractivity contribution in [3.05, 3.63) is 29.6 Å². The van der Waals surface area contributed by atoms with E-state index in [1.165, 1.54) is 0 Å². The Kier molecular flexibility index (Phi) is 6.74. The summed E-state index contributed by atoms with van der Waals surface area (Å²) in [4.78, 5) is 6.49. The lowest BCUT2D eigenvalue weighted by Gasteiger charge is -2.21. The second kappa shape index (κ2) is 8.10. The Morgan fingerprint density at radius 2 is 2.33 bits per heavy atom. The van der Waals surface area contributed by atoms with E-state index < -0.39 is 0 Å². The molecule has 0 amide bonds. The van der Waals surface area contributed by atoms with Gasteiger partial charge in [-0.25, -0.2) is 0 Å². The van der Waals surface area contributed by atoms with Crippen LogP contribution in [0.5, 0.6) is 0 Å². The molecule has 0 aliphatic heterocycles. The van der Waals surface area contributed by atoms with Crippen LogP contribution in [-0.2, 0) is 11.3 Å². The predicted molar refractivity (Wildman–Crippen MR) is 74.4 cm³/mol. The van der Waals surface area contributed by atoms with Gasteiger partial charge in [-0.05, 0) is 17.7 Å². The lowest BCUT2D eigenvalue weighted by molar-refractivity contribution is 0.127. The summed E-state index contributed by atoms with van der Waals surface area (Å²) in [6.07, 6.45) is 1.69. The highest BCUT2D eigenvalue weighted by Crippen LogP contribution is 2.06. The monoisotopic (exact) mass is 269 g/mol. The number of aliphatic hydroxyl groups excluding tert-OH is 1. The first-order valence-corrected chi connectivity index (χ1v) is 6.15. The van der Waals surface area contributed by atoms with Crippen molar-refractivity contribution >= 4 is 17.2 Å². The van der Waals surface area contributed by atoms with Gasteiger partial charge in [0.2, 0.25) is 0 Å². The highest BCUT2D eigenvalue weighted by Gasteiger charge is 2.07. The molecule has 0 saturated carbocycles. The minimum absolute atomic E-state index is 0.122. The number of ether oxygens (including phenoxy) is 1. The minimum atomic E-state index is 0.122. The van der Waals surface area contributed by atoms with Crippen LogP contribution in [0.1, 0.15) is 11.3 Å². The van der Waals surface area contributed by atoms with Crippen molar-refractivity contribution in [3.63, 3.8) is 0 Å². The van der Waals surface area contributed by atoms with E-state index in [1.54, 1.807) is 13.3 Å². The SMILES string of the molecule is COCCN(CCO)Cc1ccnc(C(N)=S)c1. The summed E-state index contributed by atoms with van der Waals surface area (Å²) in [6.45, 7) is 2.84. The maximum atomic E-state index is 9.02. The topological polar surface area (TPSA) is 71.6 Å². The first-order valence-electron chi connectivity index (χ1n) is 5.74. The van der Waals surface area contributed by atoms with Gasteiger partial charge in [0.1, 0.15) is 4.99 Å². The van der Waals surface area contributed by atoms with Gasteiger partial charge in [-0.1, -0.05) is 12.2 Å². The summed E-state index contributed by atoms with van der Waals surface area (Å²) in [7, 11) is 1.66. The van der Waals surface area contributed by atoms with E-state index >= 15 is 0 Å². The number of rotatable bonds is 8. The van der Waals surface area contributed by atoms with Crippen molar-refractivity contribution < 1.29 is 9.84 Å². The summed E-state index contributed by atoms with van der Waals surface area (Å²) in [5, 5.41) is 9.02. The van der Waals surface area contributed by atoms with Crippen LogP contribution in [0.3, 0.4) is 0 Å². The molecule has 5 nitrogen and oxygen atoms in total. The molecular weight excluding hydrogens is 250 g/mol. The zero-order valence-electron chi connectivity index (χ0n) is 10.5. The van der Waals surface area contributed by atoms with Gasteiger partial charge in [-0.15, -0.1) is 0 Å². The van der Waals surface area contributed by atoms with Gasteiger partial charge in [0.05, 0.1) is 18.9 Å². The highest BCUT2D eigenvalue weighted by molar-refractivity contribution is 7.80. The van der Waals surface area contributed by atoms with Crippen LogP contribution in [-0.4, -0.2) is 53.4 Å². The van der Waals surface area contributed by atoms with Gasteiger partial charge < -0.3 is 15.6 Å². The third kappa shape index (κ3) is 5.05. The van der Waals surface area contributed by atoms with Crippen LogP contribution in [0.15, 0.2) is 18.3 Å². The van der Waals surface area contributed by atoms with Crippen LogP contribution in [0.4, 0.5) is 0 Å². The Morgan fingerprint density at radius 3 is 2.94 bits per heavy atom. The molecular formula is C12H19N3O2S. The fraction of sp³-hybridized carbons (Fsp3) is 0.500. The number of thiocarbonyl (C=S) groups is 1. The Morgan fingerprint density at radius 1 is 1.56 bits per heavy atom. The summed E-state index contributed by atoms with van der Waals surface area (Å²) in [5.41, 5.74) is 7.24.